The molecule has 0 saturated heterocycles. The molecular weight excluding hydrogens is 406 g/mol. The third-order valence-corrected chi connectivity index (χ3v) is 6.11. The first kappa shape index (κ1) is 22.5. The monoisotopic (exact) mass is 437 g/mol. The first-order valence-electron chi connectivity index (χ1n) is 11.6. The van der Waals surface area contributed by atoms with Crippen molar-refractivity contribution in [1.29, 1.82) is 0 Å². The highest BCUT2D eigenvalue weighted by Gasteiger charge is 2.25. The molecule has 4 heteroatoms. The topological polar surface area (TPSA) is 46.9 Å². The molecule has 0 fully saturated rings. The van der Waals surface area contributed by atoms with Crippen molar-refractivity contribution in [2.45, 2.75) is 46.1 Å². The second-order valence-corrected chi connectivity index (χ2v) is 8.68. The Balaban J connectivity index is 1.72. The van der Waals surface area contributed by atoms with Gasteiger partial charge in [0.15, 0.2) is 0 Å². The molecule has 0 bridgehead atoms. The summed E-state index contributed by atoms with van der Waals surface area (Å²) in [7, 11) is 0. The van der Waals surface area contributed by atoms with Crippen LogP contribution in [0.25, 0.3) is 16.9 Å². The van der Waals surface area contributed by atoms with E-state index in [1.54, 1.807) is 0 Å². The molecule has 0 aliphatic carbocycles. The summed E-state index contributed by atoms with van der Waals surface area (Å²) in [5.74, 6) is 0.377. The summed E-state index contributed by atoms with van der Waals surface area (Å²) in [4.78, 5) is 13.7. The highest BCUT2D eigenvalue weighted by atomic mass is 16.1. The molecule has 1 atom stereocenters. The van der Waals surface area contributed by atoms with Gasteiger partial charge in [0, 0.05) is 5.56 Å². The molecule has 1 amide bonds. The first-order chi connectivity index (χ1) is 16.0. The average molecular weight is 438 g/mol. The Bertz CT molecular complexity index is 1210. The van der Waals surface area contributed by atoms with Crippen molar-refractivity contribution in [2.24, 2.45) is 0 Å². The van der Waals surface area contributed by atoms with Crippen LogP contribution in [0.5, 0.6) is 0 Å². The summed E-state index contributed by atoms with van der Waals surface area (Å²) in [5.41, 5.74) is 6.40. The van der Waals surface area contributed by atoms with E-state index in [2.05, 4.69) is 50.4 Å². The van der Waals surface area contributed by atoms with Crippen LogP contribution in [-0.2, 0) is 0 Å². The van der Waals surface area contributed by atoms with E-state index in [0.717, 1.165) is 28.9 Å². The Hall–Kier alpha value is -3.66. The lowest BCUT2D eigenvalue weighted by Crippen LogP contribution is -2.29. The molecule has 4 aromatic rings. The normalized spacial score (nSPS) is 12.0. The van der Waals surface area contributed by atoms with Gasteiger partial charge in [0.05, 0.1) is 23.0 Å². The van der Waals surface area contributed by atoms with E-state index in [9.17, 15) is 4.79 Å². The molecule has 1 aromatic heterocycles. The van der Waals surface area contributed by atoms with Crippen LogP contribution in [0.4, 0.5) is 0 Å². The predicted molar refractivity (Wildman–Crippen MR) is 135 cm³/mol. The van der Waals surface area contributed by atoms with Gasteiger partial charge < -0.3 is 5.32 Å². The number of carbonyl (C=O) groups excluding carboxylic acids is 1. The van der Waals surface area contributed by atoms with Crippen molar-refractivity contribution >= 4 is 5.91 Å². The van der Waals surface area contributed by atoms with Crippen molar-refractivity contribution in [1.82, 2.24) is 15.1 Å². The molecule has 33 heavy (non-hydrogen) atoms. The van der Waals surface area contributed by atoms with Gasteiger partial charge in [-0.3, -0.25) is 4.79 Å². The predicted octanol–water partition coefficient (Wildman–Crippen LogP) is 6.85. The van der Waals surface area contributed by atoms with Crippen LogP contribution in [0.2, 0.25) is 0 Å². The van der Waals surface area contributed by atoms with Gasteiger partial charge in [-0.1, -0.05) is 93.6 Å². The first-order valence-corrected chi connectivity index (χ1v) is 11.6. The lowest BCUT2D eigenvalue weighted by molar-refractivity contribution is 0.0935. The Morgan fingerprint density at radius 2 is 1.45 bits per heavy atom. The maximum atomic E-state index is 13.7. The summed E-state index contributed by atoms with van der Waals surface area (Å²) < 4.78 is 1.86. The van der Waals surface area contributed by atoms with Gasteiger partial charge in [0.1, 0.15) is 5.69 Å². The largest absolute Gasteiger partial charge is 0.345 e. The zero-order valence-corrected chi connectivity index (χ0v) is 19.7. The standard InChI is InChI=1S/C29H31N3O/c1-5-26(23-18-16-22(17-19-23)20(2)3)30-29(33)27-21(4)32(25-14-10-7-11-15-25)31-28(27)24-12-8-6-9-13-24/h6-20,26H,5H2,1-4H3,(H,30,33)/t26-/m0/s1. The zero-order valence-electron chi connectivity index (χ0n) is 19.7. The maximum absolute atomic E-state index is 13.7. The lowest BCUT2D eigenvalue weighted by atomic mass is 9.97. The highest BCUT2D eigenvalue weighted by Crippen LogP contribution is 2.29. The summed E-state index contributed by atoms with van der Waals surface area (Å²) in [5, 5.41) is 8.14. The van der Waals surface area contributed by atoms with Crippen LogP contribution >= 0.6 is 0 Å². The maximum Gasteiger partial charge on any atom is 0.255 e. The third kappa shape index (κ3) is 4.75. The van der Waals surface area contributed by atoms with Crippen molar-refractivity contribution in [2.75, 3.05) is 0 Å². The van der Waals surface area contributed by atoms with Crippen molar-refractivity contribution in [3.8, 4) is 16.9 Å². The van der Waals surface area contributed by atoms with Gasteiger partial charge in [-0.25, -0.2) is 4.68 Å². The molecule has 0 aliphatic heterocycles. The minimum Gasteiger partial charge on any atom is -0.345 e. The van der Waals surface area contributed by atoms with E-state index in [4.69, 9.17) is 5.10 Å². The Morgan fingerprint density at radius 3 is 2.03 bits per heavy atom. The Labute approximate surface area is 196 Å². The Morgan fingerprint density at radius 1 is 0.879 bits per heavy atom. The van der Waals surface area contributed by atoms with Crippen molar-refractivity contribution < 1.29 is 4.79 Å². The third-order valence-electron chi connectivity index (χ3n) is 6.11. The number of benzene rings is 3. The number of nitrogens with zero attached hydrogens (tertiary/aromatic N) is 2. The van der Waals surface area contributed by atoms with E-state index in [1.165, 1.54) is 5.56 Å². The number of rotatable bonds is 7. The van der Waals surface area contributed by atoms with Crippen LogP contribution in [-0.4, -0.2) is 15.7 Å². The lowest BCUT2D eigenvalue weighted by Gasteiger charge is -2.19. The molecule has 4 nitrogen and oxygen atoms in total. The number of nitrogens with one attached hydrogen (secondary N) is 1. The van der Waals surface area contributed by atoms with Gasteiger partial charge in [-0.2, -0.15) is 5.10 Å². The summed E-state index contributed by atoms with van der Waals surface area (Å²) in [6, 6.07) is 28.3. The van der Waals surface area contributed by atoms with Crippen LogP contribution in [0.3, 0.4) is 0 Å². The highest BCUT2D eigenvalue weighted by molar-refractivity contribution is 6.01. The quantitative estimate of drug-likeness (QED) is 0.344. The van der Waals surface area contributed by atoms with Gasteiger partial charge >= 0.3 is 0 Å². The van der Waals surface area contributed by atoms with Gasteiger partial charge in [0.2, 0.25) is 0 Å². The molecule has 1 N–H and O–H groups in total. The summed E-state index contributed by atoms with van der Waals surface area (Å²) in [6.45, 7) is 8.43. The fourth-order valence-electron chi connectivity index (χ4n) is 4.16. The SMILES string of the molecule is CC[C@H](NC(=O)c1c(-c2ccccc2)nn(-c2ccccc2)c1C)c1ccc(C(C)C)cc1. The molecule has 0 unspecified atom stereocenters. The smallest absolute Gasteiger partial charge is 0.255 e. The molecule has 0 radical (unpaired) electrons. The number of para-hydroxylation sites is 1. The Kier molecular flexibility index (Phi) is 6.74. The van der Waals surface area contributed by atoms with Crippen LogP contribution < -0.4 is 5.32 Å². The fraction of sp³-hybridized carbons (Fsp3) is 0.241. The van der Waals surface area contributed by atoms with Gasteiger partial charge in [-0.05, 0) is 42.5 Å². The molecule has 4 rings (SSSR count). The van der Waals surface area contributed by atoms with Crippen molar-refractivity contribution in [3.05, 3.63) is 107 Å². The van der Waals surface area contributed by atoms with Crippen LogP contribution in [0, 0.1) is 6.92 Å². The van der Waals surface area contributed by atoms with E-state index in [0.29, 0.717) is 17.2 Å². The van der Waals surface area contributed by atoms with Gasteiger partial charge in [0.25, 0.3) is 5.91 Å². The van der Waals surface area contributed by atoms with Gasteiger partial charge in [-0.15, -0.1) is 0 Å². The molecule has 3 aromatic carbocycles. The molecular formula is C29H31N3O. The molecule has 0 aliphatic rings. The van der Waals surface area contributed by atoms with E-state index >= 15 is 0 Å². The molecule has 0 spiro atoms. The second-order valence-electron chi connectivity index (χ2n) is 8.68. The fourth-order valence-corrected chi connectivity index (χ4v) is 4.16. The number of amides is 1. The number of hydrogen-bond acceptors (Lipinski definition) is 2. The molecule has 1 heterocycles. The van der Waals surface area contributed by atoms with E-state index in [1.807, 2.05) is 72.3 Å². The number of hydrogen-bond donors (Lipinski definition) is 1. The number of aromatic nitrogens is 2. The molecule has 0 saturated carbocycles. The van der Waals surface area contributed by atoms with Crippen molar-refractivity contribution in [3.63, 3.8) is 0 Å². The average Bonchev–Trinajstić information content (AvgIpc) is 3.20. The summed E-state index contributed by atoms with van der Waals surface area (Å²) in [6.07, 6.45) is 0.805. The number of carbonyl (C=O) groups is 1. The molecule has 168 valence electrons. The van der Waals surface area contributed by atoms with Crippen LogP contribution in [0.15, 0.2) is 84.9 Å². The van der Waals surface area contributed by atoms with E-state index in [-0.39, 0.29) is 11.9 Å². The minimum atomic E-state index is -0.103. The second kappa shape index (κ2) is 9.86. The minimum absolute atomic E-state index is 0.0678. The zero-order chi connectivity index (χ0) is 23.4. The summed E-state index contributed by atoms with van der Waals surface area (Å²) >= 11 is 0. The van der Waals surface area contributed by atoms with Crippen LogP contribution in [0.1, 0.15) is 66.3 Å². The van der Waals surface area contributed by atoms with E-state index < -0.39 is 0 Å².